The van der Waals surface area contributed by atoms with E-state index in [1.807, 2.05) is 36.0 Å². The number of nitrogens with two attached hydrogens (primary N) is 1. The Kier molecular flexibility index (Phi) is 3.73. The van der Waals surface area contributed by atoms with Gasteiger partial charge in [-0.05, 0) is 34.0 Å². The van der Waals surface area contributed by atoms with Crippen molar-refractivity contribution in [1.82, 2.24) is 4.57 Å². The normalized spacial score (nSPS) is 12.8. The largest absolute Gasteiger partial charge is 0.481 e. The third-order valence-corrected chi connectivity index (χ3v) is 3.67. The van der Waals surface area contributed by atoms with Gasteiger partial charge >= 0.3 is 5.97 Å². The van der Waals surface area contributed by atoms with Gasteiger partial charge in [-0.1, -0.05) is 12.1 Å². The Balaban J connectivity index is 2.41. The Morgan fingerprint density at radius 3 is 2.94 bits per heavy atom. The van der Waals surface area contributed by atoms with Crippen LogP contribution in [0.3, 0.4) is 0 Å². The highest BCUT2D eigenvalue weighted by Gasteiger charge is 2.15. The quantitative estimate of drug-likeness (QED) is 0.912. The number of fused-ring (bicyclic) bond motifs is 1. The minimum Gasteiger partial charge on any atom is -0.481 e. The van der Waals surface area contributed by atoms with Gasteiger partial charge in [0.2, 0.25) is 0 Å². The smallest absolute Gasteiger partial charge is 0.303 e. The topological polar surface area (TPSA) is 68.2 Å². The van der Waals surface area contributed by atoms with Crippen molar-refractivity contribution in [3.05, 3.63) is 34.4 Å². The summed E-state index contributed by atoms with van der Waals surface area (Å²) in [4.78, 5) is 10.6. The van der Waals surface area contributed by atoms with Gasteiger partial charge in [0, 0.05) is 41.1 Å². The maximum atomic E-state index is 10.6. The molecule has 1 heterocycles. The van der Waals surface area contributed by atoms with Gasteiger partial charge in [-0.2, -0.15) is 0 Å². The van der Waals surface area contributed by atoms with E-state index in [0.29, 0.717) is 6.42 Å². The van der Waals surface area contributed by atoms with E-state index < -0.39 is 5.97 Å². The zero-order valence-electron chi connectivity index (χ0n) is 10.1. The molecular weight excluding hydrogens is 296 g/mol. The molecule has 4 nitrogen and oxygen atoms in total. The molecule has 18 heavy (non-hydrogen) atoms. The van der Waals surface area contributed by atoms with Crippen LogP contribution in [0, 0.1) is 0 Å². The number of rotatable bonds is 4. The molecule has 5 heteroatoms. The van der Waals surface area contributed by atoms with E-state index in [0.717, 1.165) is 20.9 Å². The first kappa shape index (κ1) is 13.1. The summed E-state index contributed by atoms with van der Waals surface area (Å²) in [5.41, 5.74) is 8.17. The molecule has 2 aromatic rings. The molecule has 3 N–H and O–H groups in total. The van der Waals surface area contributed by atoms with Crippen LogP contribution in [0.4, 0.5) is 0 Å². The van der Waals surface area contributed by atoms with E-state index in [2.05, 4.69) is 15.9 Å². The third kappa shape index (κ3) is 2.42. The van der Waals surface area contributed by atoms with Crippen LogP contribution < -0.4 is 5.73 Å². The number of carbonyl (C=O) groups is 1. The predicted octanol–water partition coefficient (Wildman–Crippen LogP) is 2.81. The number of aromatic nitrogens is 1. The predicted molar refractivity (Wildman–Crippen MR) is 74.4 cm³/mol. The molecule has 96 valence electrons. The fourth-order valence-electron chi connectivity index (χ4n) is 2.16. The van der Waals surface area contributed by atoms with Crippen molar-refractivity contribution in [1.29, 1.82) is 0 Å². The first-order valence-electron chi connectivity index (χ1n) is 5.71. The van der Waals surface area contributed by atoms with Crippen molar-refractivity contribution in [2.24, 2.45) is 12.8 Å². The maximum absolute atomic E-state index is 10.6. The molecule has 0 radical (unpaired) electrons. The fourth-order valence-corrected chi connectivity index (χ4v) is 2.90. The van der Waals surface area contributed by atoms with Crippen LogP contribution in [0.15, 0.2) is 28.9 Å². The summed E-state index contributed by atoms with van der Waals surface area (Å²) >= 11 is 3.52. The second kappa shape index (κ2) is 5.12. The van der Waals surface area contributed by atoms with Crippen molar-refractivity contribution >= 4 is 32.8 Å². The standard InChI is InChI=1S/C13H15BrN2O2/c1-16-7-9(14)13-8(3-2-4-11(13)16)10(15)5-6-12(17)18/h2-4,7,10H,5-6,15H2,1H3,(H,17,18). The van der Waals surface area contributed by atoms with E-state index in [1.165, 1.54) is 0 Å². The van der Waals surface area contributed by atoms with Crippen LogP contribution in [0.2, 0.25) is 0 Å². The van der Waals surface area contributed by atoms with Crippen LogP contribution >= 0.6 is 15.9 Å². The number of aryl methyl sites for hydroxylation is 1. The highest BCUT2D eigenvalue weighted by atomic mass is 79.9. The van der Waals surface area contributed by atoms with E-state index in [4.69, 9.17) is 10.8 Å². The summed E-state index contributed by atoms with van der Waals surface area (Å²) in [7, 11) is 1.97. The molecule has 0 aliphatic carbocycles. The summed E-state index contributed by atoms with van der Waals surface area (Å²) in [5.74, 6) is -0.815. The second-order valence-electron chi connectivity index (χ2n) is 4.37. The number of halogens is 1. The third-order valence-electron chi connectivity index (χ3n) is 3.07. The average Bonchev–Trinajstić information content (AvgIpc) is 2.62. The van der Waals surface area contributed by atoms with E-state index in [-0.39, 0.29) is 12.5 Å². The summed E-state index contributed by atoms with van der Waals surface area (Å²) in [6.45, 7) is 0. The number of nitrogens with zero attached hydrogens (tertiary/aromatic N) is 1. The van der Waals surface area contributed by atoms with Gasteiger partial charge in [0.05, 0.1) is 0 Å². The second-order valence-corrected chi connectivity index (χ2v) is 5.22. The minimum atomic E-state index is -0.815. The molecule has 0 saturated heterocycles. The minimum absolute atomic E-state index is 0.0853. The Morgan fingerprint density at radius 2 is 2.28 bits per heavy atom. The number of aliphatic carboxylic acids is 1. The van der Waals surface area contributed by atoms with Gasteiger partial charge in [0.1, 0.15) is 0 Å². The van der Waals surface area contributed by atoms with Crippen molar-refractivity contribution in [3.8, 4) is 0 Å². The zero-order chi connectivity index (χ0) is 13.3. The molecule has 0 amide bonds. The monoisotopic (exact) mass is 310 g/mol. The average molecular weight is 311 g/mol. The molecule has 1 aromatic carbocycles. The Hall–Kier alpha value is -1.33. The van der Waals surface area contributed by atoms with Gasteiger partial charge in [0.25, 0.3) is 0 Å². The number of benzene rings is 1. The number of hydrogen-bond donors (Lipinski definition) is 2. The number of carboxylic acid groups (broad SMARTS) is 1. The van der Waals surface area contributed by atoms with Gasteiger partial charge in [-0.3, -0.25) is 4.79 Å². The van der Waals surface area contributed by atoms with E-state index in [1.54, 1.807) is 0 Å². The van der Waals surface area contributed by atoms with E-state index >= 15 is 0 Å². The zero-order valence-corrected chi connectivity index (χ0v) is 11.6. The molecule has 0 bridgehead atoms. The van der Waals surface area contributed by atoms with Crippen LogP contribution in [0.25, 0.3) is 10.9 Å². The SMILES string of the molecule is Cn1cc(Br)c2c(C(N)CCC(=O)O)cccc21. The Labute approximate surface area is 114 Å². The number of carboxylic acids is 1. The molecular formula is C13H15BrN2O2. The lowest BCUT2D eigenvalue weighted by Gasteiger charge is -2.12. The Morgan fingerprint density at radius 1 is 1.56 bits per heavy atom. The van der Waals surface area contributed by atoms with Gasteiger partial charge < -0.3 is 15.4 Å². The van der Waals surface area contributed by atoms with Gasteiger partial charge in [-0.25, -0.2) is 0 Å². The molecule has 1 atom stereocenters. The van der Waals surface area contributed by atoms with Gasteiger partial charge in [0.15, 0.2) is 0 Å². The lowest BCUT2D eigenvalue weighted by Crippen LogP contribution is -2.12. The summed E-state index contributed by atoms with van der Waals surface area (Å²) in [5, 5.41) is 9.78. The van der Waals surface area contributed by atoms with Crippen molar-refractivity contribution in [3.63, 3.8) is 0 Å². The van der Waals surface area contributed by atoms with Crippen molar-refractivity contribution in [2.45, 2.75) is 18.9 Å². The fraction of sp³-hybridized carbons (Fsp3) is 0.308. The van der Waals surface area contributed by atoms with E-state index in [9.17, 15) is 4.79 Å². The molecule has 1 aromatic heterocycles. The molecule has 1 unspecified atom stereocenters. The Bertz CT molecular complexity index is 592. The van der Waals surface area contributed by atoms with Crippen LogP contribution in [-0.4, -0.2) is 15.6 Å². The maximum Gasteiger partial charge on any atom is 0.303 e. The molecule has 2 rings (SSSR count). The van der Waals surface area contributed by atoms with Crippen LogP contribution in [0.5, 0.6) is 0 Å². The first-order valence-corrected chi connectivity index (χ1v) is 6.51. The van der Waals surface area contributed by atoms with Crippen molar-refractivity contribution in [2.75, 3.05) is 0 Å². The van der Waals surface area contributed by atoms with Gasteiger partial charge in [-0.15, -0.1) is 0 Å². The first-order chi connectivity index (χ1) is 8.50. The number of hydrogen-bond acceptors (Lipinski definition) is 2. The summed E-state index contributed by atoms with van der Waals surface area (Å²) in [6.07, 6.45) is 2.51. The van der Waals surface area contributed by atoms with Crippen LogP contribution in [-0.2, 0) is 11.8 Å². The lowest BCUT2D eigenvalue weighted by atomic mass is 9.99. The highest BCUT2D eigenvalue weighted by Crippen LogP contribution is 2.32. The highest BCUT2D eigenvalue weighted by molar-refractivity contribution is 9.10. The molecule has 0 fully saturated rings. The molecule has 0 aliphatic rings. The summed E-state index contributed by atoms with van der Waals surface area (Å²) < 4.78 is 3.01. The van der Waals surface area contributed by atoms with Crippen molar-refractivity contribution < 1.29 is 9.90 Å². The molecule has 0 spiro atoms. The molecule has 0 saturated carbocycles. The summed E-state index contributed by atoms with van der Waals surface area (Å²) in [6, 6.07) is 5.67. The lowest BCUT2D eigenvalue weighted by molar-refractivity contribution is -0.137. The van der Waals surface area contributed by atoms with Crippen LogP contribution in [0.1, 0.15) is 24.4 Å². The molecule has 0 aliphatic heterocycles.